The molecule has 1 N–H and O–H groups in total. The molecule has 6 heteroatoms. The Kier molecular flexibility index (Phi) is 5.54. The molecular formula is C17H15F3N2O. The fourth-order valence-electron chi connectivity index (χ4n) is 1.84. The van der Waals surface area contributed by atoms with Crippen molar-refractivity contribution in [2.24, 2.45) is 5.10 Å². The van der Waals surface area contributed by atoms with Gasteiger partial charge in [0, 0.05) is 0 Å². The van der Waals surface area contributed by atoms with Crippen molar-refractivity contribution in [2.45, 2.75) is 12.4 Å². The molecule has 120 valence electrons. The third kappa shape index (κ3) is 5.60. The Labute approximate surface area is 132 Å². The van der Waals surface area contributed by atoms with Gasteiger partial charge in [-0.3, -0.25) is 0 Å². The molecule has 0 amide bonds. The number of hydrogen-bond donors (Lipinski definition) is 1. The molecule has 2 aromatic rings. The maximum atomic E-state index is 12.4. The van der Waals surface area contributed by atoms with Crippen LogP contribution in [-0.4, -0.2) is 23.7 Å². The maximum Gasteiger partial charge on any atom is 0.428 e. The Morgan fingerprint density at radius 3 is 2.09 bits per heavy atom. The lowest BCUT2D eigenvalue weighted by Gasteiger charge is -2.23. The zero-order valence-corrected chi connectivity index (χ0v) is 12.1. The van der Waals surface area contributed by atoms with Crippen LogP contribution in [0.1, 0.15) is 5.56 Å². The van der Waals surface area contributed by atoms with E-state index >= 15 is 0 Å². The van der Waals surface area contributed by atoms with Crippen LogP contribution in [0.4, 0.5) is 18.9 Å². The van der Waals surface area contributed by atoms with Crippen molar-refractivity contribution in [2.75, 3.05) is 5.01 Å². The van der Waals surface area contributed by atoms with Crippen LogP contribution in [0.2, 0.25) is 0 Å². The molecule has 0 aliphatic rings. The first-order valence-electron chi connectivity index (χ1n) is 6.83. The first kappa shape index (κ1) is 16.8. The summed E-state index contributed by atoms with van der Waals surface area (Å²) in [5, 5.41) is 14.4. The van der Waals surface area contributed by atoms with Crippen LogP contribution < -0.4 is 5.01 Å². The second-order valence-electron chi connectivity index (χ2n) is 4.65. The monoisotopic (exact) mass is 320 g/mol. The van der Waals surface area contributed by atoms with Gasteiger partial charge in [-0.25, -0.2) is 5.01 Å². The standard InChI is InChI=1S/C17H15F3N2O/c18-17(19,20)13-21-22(15-9-5-2-6-10-15)16(23)12-11-14-7-3-1-4-8-14/h1-13,16,23H/b12-11+,21-13+. The van der Waals surface area contributed by atoms with Crippen molar-refractivity contribution < 1.29 is 18.3 Å². The Hall–Kier alpha value is -2.60. The van der Waals surface area contributed by atoms with Crippen molar-refractivity contribution in [1.29, 1.82) is 0 Å². The number of rotatable bonds is 5. The first-order valence-corrected chi connectivity index (χ1v) is 6.83. The molecule has 0 aromatic heterocycles. The second kappa shape index (κ2) is 7.60. The van der Waals surface area contributed by atoms with Crippen LogP contribution in [0.25, 0.3) is 6.08 Å². The van der Waals surface area contributed by atoms with Crippen LogP contribution in [0.15, 0.2) is 71.8 Å². The summed E-state index contributed by atoms with van der Waals surface area (Å²) in [6.07, 6.45) is -3.06. The molecule has 0 spiro atoms. The van der Waals surface area contributed by atoms with Gasteiger partial charge in [-0.2, -0.15) is 18.3 Å². The average molecular weight is 320 g/mol. The van der Waals surface area contributed by atoms with Crippen molar-refractivity contribution in [3.8, 4) is 0 Å². The number of anilines is 1. The van der Waals surface area contributed by atoms with Crippen LogP contribution in [0.3, 0.4) is 0 Å². The van der Waals surface area contributed by atoms with E-state index in [1.807, 2.05) is 30.3 Å². The van der Waals surface area contributed by atoms with E-state index in [1.165, 1.54) is 6.08 Å². The van der Waals surface area contributed by atoms with Gasteiger partial charge >= 0.3 is 6.18 Å². The molecule has 0 aliphatic carbocycles. The molecule has 0 radical (unpaired) electrons. The second-order valence-corrected chi connectivity index (χ2v) is 4.65. The summed E-state index contributed by atoms with van der Waals surface area (Å²) in [4.78, 5) is 0. The maximum absolute atomic E-state index is 12.4. The van der Waals surface area contributed by atoms with E-state index < -0.39 is 12.4 Å². The molecule has 0 bridgehead atoms. The highest BCUT2D eigenvalue weighted by molar-refractivity contribution is 5.66. The van der Waals surface area contributed by atoms with Gasteiger partial charge in [0.25, 0.3) is 0 Å². The molecular weight excluding hydrogens is 305 g/mol. The summed E-state index contributed by atoms with van der Waals surface area (Å²) in [5.41, 5.74) is 1.16. The lowest BCUT2D eigenvalue weighted by molar-refractivity contribution is -0.0538. The quantitative estimate of drug-likeness (QED) is 0.512. The summed E-state index contributed by atoms with van der Waals surface area (Å²) in [6, 6.07) is 17.3. The van der Waals surface area contributed by atoms with Crippen molar-refractivity contribution >= 4 is 18.0 Å². The molecule has 2 rings (SSSR count). The fourth-order valence-corrected chi connectivity index (χ4v) is 1.84. The SMILES string of the molecule is OC(/C=C/c1ccccc1)N(/N=C/C(F)(F)F)c1ccccc1. The Morgan fingerprint density at radius 1 is 0.957 bits per heavy atom. The third-order valence-corrected chi connectivity index (χ3v) is 2.86. The van der Waals surface area contributed by atoms with Gasteiger partial charge < -0.3 is 5.11 Å². The van der Waals surface area contributed by atoms with Gasteiger partial charge in [0.05, 0.1) is 5.69 Å². The predicted molar refractivity (Wildman–Crippen MR) is 85.0 cm³/mol. The fraction of sp³-hybridized carbons (Fsp3) is 0.118. The van der Waals surface area contributed by atoms with Crippen molar-refractivity contribution in [3.05, 3.63) is 72.3 Å². The summed E-state index contributed by atoms with van der Waals surface area (Å²) in [6.45, 7) is 0. The van der Waals surface area contributed by atoms with E-state index in [-0.39, 0.29) is 6.21 Å². The predicted octanol–water partition coefficient (Wildman–Crippen LogP) is 4.07. The van der Waals surface area contributed by atoms with Gasteiger partial charge in [0.1, 0.15) is 6.21 Å². The Balaban J connectivity index is 2.22. The van der Waals surface area contributed by atoms with Crippen LogP contribution in [0, 0.1) is 0 Å². The summed E-state index contributed by atoms with van der Waals surface area (Å²) in [5.74, 6) is 0. The number of alkyl halides is 3. The number of aliphatic hydroxyl groups is 1. The van der Waals surface area contributed by atoms with Crippen molar-refractivity contribution in [1.82, 2.24) is 0 Å². The van der Waals surface area contributed by atoms with E-state index in [9.17, 15) is 18.3 Å². The first-order chi connectivity index (χ1) is 11.0. The van der Waals surface area contributed by atoms with Gasteiger partial charge in [0.15, 0.2) is 6.23 Å². The van der Waals surface area contributed by atoms with E-state index in [4.69, 9.17) is 0 Å². The highest BCUT2D eigenvalue weighted by Gasteiger charge is 2.25. The zero-order chi connectivity index (χ0) is 16.7. The summed E-state index contributed by atoms with van der Waals surface area (Å²) >= 11 is 0. The minimum atomic E-state index is -4.56. The topological polar surface area (TPSA) is 35.8 Å². The van der Waals surface area contributed by atoms with Gasteiger partial charge in [-0.1, -0.05) is 54.6 Å². The molecule has 0 saturated heterocycles. The van der Waals surface area contributed by atoms with Crippen molar-refractivity contribution in [3.63, 3.8) is 0 Å². The molecule has 2 aromatic carbocycles. The minimum Gasteiger partial charge on any atom is -0.368 e. The molecule has 0 fully saturated rings. The molecule has 3 nitrogen and oxygen atoms in total. The molecule has 1 atom stereocenters. The molecule has 0 heterocycles. The van der Waals surface area contributed by atoms with Gasteiger partial charge in [-0.15, -0.1) is 0 Å². The average Bonchev–Trinajstić information content (AvgIpc) is 2.54. The molecule has 0 aliphatic heterocycles. The largest absolute Gasteiger partial charge is 0.428 e. The highest BCUT2D eigenvalue weighted by Crippen LogP contribution is 2.19. The van der Waals surface area contributed by atoms with Crippen LogP contribution in [-0.2, 0) is 0 Å². The number of hydrogen-bond acceptors (Lipinski definition) is 3. The smallest absolute Gasteiger partial charge is 0.368 e. The summed E-state index contributed by atoms with van der Waals surface area (Å²) < 4.78 is 37.1. The van der Waals surface area contributed by atoms with E-state index in [1.54, 1.807) is 36.4 Å². The summed E-state index contributed by atoms with van der Waals surface area (Å²) in [7, 11) is 0. The van der Waals surface area contributed by atoms with E-state index in [0.717, 1.165) is 10.6 Å². The number of nitrogens with zero attached hydrogens (tertiary/aromatic N) is 2. The number of para-hydroxylation sites is 1. The Morgan fingerprint density at radius 2 is 1.52 bits per heavy atom. The molecule has 1 unspecified atom stereocenters. The molecule has 23 heavy (non-hydrogen) atoms. The number of benzene rings is 2. The number of aliphatic hydroxyl groups excluding tert-OH is 1. The minimum absolute atomic E-state index is 0.153. The number of hydrazone groups is 1. The lowest BCUT2D eigenvalue weighted by atomic mass is 10.2. The van der Waals surface area contributed by atoms with Crippen LogP contribution in [0.5, 0.6) is 0 Å². The number of halogens is 3. The van der Waals surface area contributed by atoms with Gasteiger partial charge in [0.2, 0.25) is 0 Å². The van der Waals surface area contributed by atoms with Gasteiger partial charge in [-0.05, 0) is 23.8 Å². The molecule has 0 saturated carbocycles. The normalized spacial score (nSPS) is 13.6. The Bertz CT molecular complexity index is 655. The lowest BCUT2D eigenvalue weighted by Crippen LogP contribution is -2.30. The van der Waals surface area contributed by atoms with E-state index in [0.29, 0.717) is 5.69 Å². The third-order valence-electron chi connectivity index (χ3n) is 2.86. The highest BCUT2D eigenvalue weighted by atomic mass is 19.4. The van der Waals surface area contributed by atoms with Crippen LogP contribution >= 0.6 is 0 Å². The zero-order valence-electron chi connectivity index (χ0n) is 12.1. The van der Waals surface area contributed by atoms with E-state index in [2.05, 4.69) is 5.10 Å².